The molecule has 1 fully saturated rings. The topological polar surface area (TPSA) is 29.5 Å². The second-order valence-corrected chi connectivity index (χ2v) is 4.87. The second kappa shape index (κ2) is 6.64. The van der Waals surface area contributed by atoms with Crippen LogP contribution < -0.4 is 4.74 Å². The summed E-state index contributed by atoms with van der Waals surface area (Å²) in [6.07, 6.45) is 1.46. The average Bonchev–Trinajstić information content (AvgIpc) is 2.89. The summed E-state index contributed by atoms with van der Waals surface area (Å²) in [5.41, 5.74) is 0. The number of carbonyl (C=O) groups excluding carboxylic acids is 1. The molecule has 0 radical (unpaired) electrons. The van der Waals surface area contributed by atoms with Crippen molar-refractivity contribution >= 4 is 17.5 Å². The molecule has 1 aliphatic rings. The van der Waals surface area contributed by atoms with Crippen molar-refractivity contribution in [3.8, 4) is 5.75 Å². The van der Waals surface area contributed by atoms with Crippen LogP contribution in [0.15, 0.2) is 30.3 Å². The van der Waals surface area contributed by atoms with Crippen LogP contribution in [0.3, 0.4) is 0 Å². The molecular weight excluding hydrogens is 250 g/mol. The minimum absolute atomic E-state index is 0.165. The maximum atomic E-state index is 11.9. The van der Waals surface area contributed by atoms with E-state index in [-0.39, 0.29) is 5.91 Å². The highest BCUT2D eigenvalue weighted by molar-refractivity contribution is 6.18. The fourth-order valence-corrected chi connectivity index (χ4v) is 2.37. The molecule has 1 saturated heterocycles. The highest BCUT2D eigenvalue weighted by atomic mass is 35.5. The van der Waals surface area contributed by atoms with Crippen molar-refractivity contribution in [2.24, 2.45) is 5.92 Å². The van der Waals surface area contributed by atoms with Crippen molar-refractivity contribution in [3.63, 3.8) is 0 Å². The first kappa shape index (κ1) is 13.2. The van der Waals surface area contributed by atoms with Crippen molar-refractivity contribution in [1.29, 1.82) is 0 Å². The van der Waals surface area contributed by atoms with Crippen LogP contribution >= 0.6 is 11.6 Å². The van der Waals surface area contributed by atoms with Gasteiger partial charge in [-0.05, 0) is 24.5 Å². The Labute approximate surface area is 113 Å². The van der Waals surface area contributed by atoms with Gasteiger partial charge in [-0.2, -0.15) is 0 Å². The molecule has 0 bridgehead atoms. The third kappa shape index (κ3) is 3.64. The first-order valence-corrected chi connectivity index (χ1v) is 6.84. The zero-order valence-electron chi connectivity index (χ0n) is 10.3. The van der Waals surface area contributed by atoms with Crippen LogP contribution in [0.4, 0.5) is 0 Å². The second-order valence-electron chi connectivity index (χ2n) is 4.56. The summed E-state index contributed by atoms with van der Waals surface area (Å²) in [4.78, 5) is 13.8. The normalized spacial score (nSPS) is 18.9. The van der Waals surface area contributed by atoms with Crippen LogP contribution in [0, 0.1) is 5.92 Å². The number of hydrogen-bond acceptors (Lipinski definition) is 2. The fourth-order valence-electron chi connectivity index (χ4n) is 2.12. The highest BCUT2D eigenvalue weighted by Gasteiger charge is 2.25. The van der Waals surface area contributed by atoms with E-state index in [0.29, 0.717) is 24.8 Å². The van der Waals surface area contributed by atoms with Crippen LogP contribution in [0.1, 0.15) is 12.8 Å². The van der Waals surface area contributed by atoms with E-state index in [2.05, 4.69) is 0 Å². The lowest BCUT2D eigenvalue weighted by Gasteiger charge is -2.16. The lowest BCUT2D eigenvalue weighted by molar-refractivity contribution is -0.130. The molecule has 1 heterocycles. The number of halogens is 1. The van der Waals surface area contributed by atoms with Gasteiger partial charge in [-0.3, -0.25) is 4.79 Å². The maximum Gasteiger partial charge on any atom is 0.226 e. The Morgan fingerprint density at radius 3 is 2.83 bits per heavy atom. The predicted molar refractivity (Wildman–Crippen MR) is 72.0 cm³/mol. The van der Waals surface area contributed by atoms with Crippen molar-refractivity contribution in [1.82, 2.24) is 4.90 Å². The summed E-state index contributed by atoms with van der Waals surface area (Å²) < 4.78 is 5.52. The molecule has 1 aromatic rings. The lowest BCUT2D eigenvalue weighted by Crippen LogP contribution is -2.29. The predicted octanol–water partition coefficient (Wildman–Crippen LogP) is 2.54. The van der Waals surface area contributed by atoms with Crippen molar-refractivity contribution < 1.29 is 9.53 Å². The summed E-state index contributed by atoms with van der Waals surface area (Å²) >= 11 is 5.80. The van der Waals surface area contributed by atoms with Crippen molar-refractivity contribution in [3.05, 3.63) is 30.3 Å². The first-order chi connectivity index (χ1) is 8.79. The first-order valence-electron chi connectivity index (χ1n) is 6.31. The summed E-state index contributed by atoms with van der Waals surface area (Å²) in [6.45, 7) is 2.07. The Hall–Kier alpha value is -1.22. The molecule has 18 heavy (non-hydrogen) atoms. The summed E-state index contributed by atoms with van der Waals surface area (Å²) in [7, 11) is 0. The number of rotatable bonds is 5. The van der Waals surface area contributed by atoms with Gasteiger partial charge in [-0.1, -0.05) is 18.2 Å². The van der Waals surface area contributed by atoms with E-state index in [0.717, 1.165) is 25.3 Å². The van der Waals surface area contributed by atoms with E-state index in [1.54, 1.807) is 0 Å². The molecule has 4 heteroatoms. The molecule has 3 nitrogen and oxygen atoms in total. The average molecular weight is 268 g/mol. The number of likely N-dealkylation sites (tertiary alicyclic amines) is 1. The number of nitrogens with zero attached hydrogens (tertiary/aromatic N) is 1. The van der Waals surface area contributed by atoms with E-state index < -0.39 is 0 Å². The number of carbonyl (C=O) groups is 1. The largest absolute Gasteiger partial charge is 0.493 e. The Bertz CT molecular complexity index is 383. The van der Waals surface area contributed by atoms with E-state index in [9.17, 15) is 4.79 Å². The van der Waals surface area contributed by atoms with Crippen LogP contribution in [-0.2, 0) is 4.79 Å². The molecule has 0 saturated carbocycles. The molecule has 2 rings (SSSR count). The van der Waals surface area contributed by atoms with Gasteiger partial charge in [0.2, 0.25) is 5.91 Å². The van der Waals surface area contributed by atoms with Gasteiger partial charge in [0.1, 0.15) is 5.75 Å². The van der Waals surface area contributed by atoms with Gasteiger partial charge in [-0.25, -0.2) is 0 Å². The van der Waals surface area contributed by atoms with E-state index in [1.807, 2.05) is 35.2 Å². The number of hydrogen-bond donors (Lipinski definition) is 0. The highest BCUT2D eigenvalue weighted by Crippen LogP contribution is 2.18. The molecule has 1 unspecified atom stereocenters. The zero-order chi connectivity index (χ0) is 12.8. The summed E-state index contributed by atoms with van der Waals surface area (Å²) in [5, 5.41) is 0. The van der Waals surface area contributed by atoms with Gasteiger partial charge in [0.25, 0.3) is 0 Å². The minimum atomic E-state index is 0.165. The maximum absolute atomic E-state index is 11.9. The van der Waals surface area contributed by atoms with Crippen LogP contribution in [0.25, 0.3) is 0 Å². The number of ether oxygens (including phenoxy) is 1. The van der Waals surface area contributed by atoms with Crippen molar-refractivity contribution in [2.45, 2.75) is 12.8 Å². The quantitative estimate of drug-likeness (QED) is 0.768. The monoisotopic (exact) mass is 267 g/mol. The van der Waals surface area contributed by atoms with Gasteiger partial charge in [0.05, 0.1) is 13.0 Å². The van der Waals surface area contributed by atoms with Gasteiger partial charge in [0.15, 0.2) is 0 Å². The van der Waals surface area contributed by atoms with Gasteiger partial charge < -0.3 is 9.64 Å². The number of para-hydroxylation sites is 1. The molecule has 1 aliphatic heterocycles. The third-order valence-corrected chi connectivity index (χ3v) is 3.62. The standard InChI is InChI=1S/C14H18ClNO2/c15-10-12-6-8-16(11-12)14(17)7-9-18-13-4-2-1-3-5-13/h1-5,12H,6-11H2. The number of benzene rings is 1. The Balaban J connectivity index is 1.69. The molecule has 0 spiro atoms. The van der Waals surface area contributed by atoms with Gasteiger partial charge in [-0.15, -0.1) is 11.6 Å². The number of amides is 1. The van der Waals surface area contributed by atoms with Gasteiger partial charge in [0, 0.05) is 19.0 Å². The molecule has 98 valence electrons. The molecule has 1 aromatic carbocycles. The SMILES string of the molecule is O=C(CCOc1ccccc1)N1CCC(CCl)C1. The fraction of sp³-hybridized carbons (Fsp3) is 0.500. The molecule has 1 atom stereocenters. The van der Waals surface area contributed by atoms with Gasteiger partial charge >= 0.3 is 0 Å². The molecule has 0 aliphatic carbocycles. The Morgan fingerprint density at radius 1 is 1.39 bits per heavy atom. The molecule has 1 amide bonds. The molecular formula is C14H18ClNO2. The van der Waals surface area contributed by atoms with E-state index in [1.165, 1.54) is 0 Å². The van der Waals surface area contributed by atoms with Crippen molar-refractivity contribution in [2.75, 3.05) is 25.6 Å². The van der Waals surface area contributed by atoms with Crippen LogP contribution in [0.5, 0.6) is 5.75 Å². The Morgan fingerprint density at radius 2 is 2.17 bits per heavy atom. The molecule has 0 aromatic heterocycles. The van der Waals surface area contributed by atoms with E-state index in [4.69, 9.17) is 16.3 Å². The lowest BCUT2D eigenvalue weighted by atomic mass is 10.2. The zero-order valence-corrected chi connectivity index (χ0v) is 11.1. The Kier molecular flexibility index (Phi) is 4.88. The molecule has 0 N–H and O–H groups in total. The van der Waals surface area contributed by atoms with Crippen LogP contribution in [0.2, 0.25) is 0 Å². The number of alkyl halides is 1. The van der Waals surface area contributed by atoms with Crippen LogP contribution in [-0.4, -0.2) is 36.4 Å². The third-order valence-electron chi connectivity index (χ3n) is 3.18. The van der Waals surface area contributed by atoms with E-state index >= 15 is 0 Å². The smallest absolute Gasteiger partial charge is 0.226 e. The summed E-state index contributed by atoms with van der Waals surface area (Å²) in [5.74, 6) is 2.08. The summed E-state index contributed by atoms with van der Waals surface area (Å²) in [6, 6.07) is 9.56. The minimum Gasteiger partial charge on any atom is -0.493 e.